The summed E-state index contributed by atoms with van der Waals surface area (Å²) in [6, 6.07) is 6.20. The van der Waals surface area contributed by atoms with Gasteiger partial charge in [0.15, 0.2) is 0 Å². The van der Waals surface area contributed by atoms with E-state index >= 15 is 0 Å². The summed E-state index contributed by atoms with van der Waals surface area (Å²) in [5, 5.41) is 2.87. The molecule has 1 rings (SSSR count). The van der Waals surface area contributed by atoms with E-state index in [9.17, 15) is 4.79 Å². The van der Waals surface area contributed by atoms with Gasteiger partial charge >= 0.3 is 0 Å². The molecule has 0 atom stereocenters. The summed E-state index contributed by atoms with van der Waals surface area (Å²) in [7, 11) is 0. The molecule has 0 aliphatic carbocycles. The molecular formula is C15H23NO2. The van der Waals surface area contributed by atoms with Crippen molar-refractivity contribution in [2.75, 3.05) is 13.2 Å². The second-order valence-electron chi connectivity index (χ2n) is 5.21. The molecule has 1 aromatic rings. The highest BCUT2D eigenvalue weighted by atomic mass is 16.5. The van der Waals surface area contributed by atoms with Crippen LogP contribution in [-0.2, 0) is 10.2 Å². The summed E-state index contributed by atoms with van der Waals surface area (Å²) in [4.78, 5) is 11.0. The van der Waals surface area contributed by atoms with Gasteiger partial charge in [-0.1, -0.05) is 26.0 Å². The molecule has 0 radical (unpaired) electrons. The molecule has 0 aliphatic heterocycles. The third-order valence-corrected chi connectivity index (χ3v) is 3.04. The molecular weight excluding hydrogens is 226 g/mol. The van der Waals surface area contributed by atoms with Gasteiger partial charge in [-0.3, -0.25) is 4.79 Å². The monoisotopic (exact) mass is 249 g/mol. The average Bonchev–Trinajstić information content (AvgIpc) is 2.29. The summed E-state index contributed by atoms with van der Waals surface area (Å²) in [5.74, 6) is 0.933. The molecule has 0 aliphatic rings. The summed E-state index contributed by atoms with van der Waals surface area (Å²) < 4.78 is 5.53. The minimum Gasteiger partial charge on any atom is -0.494 e. The van der Waals surface area contributed by atoms with Crippen molar-refractivity contribution >= 4 is 5.91 Å². The number of carbonyl (C=O) groups is 1. The number of ether oxygens (including phenoxy) is 1. The fourth-order valence-corrected chi connectivity index (χ4v) is 1.84. The van der Waals surface area contributed by atoms with Crippen molar-refractivity contribution < 1.29 is 9.53 Å². The van der Waals surface area contributed by atoms with E-state index in [-0.39, 0.29) is 11.3 Å². The van der Waals surface area contributed by atoms with E-state index in [1.54, 1.807) is 6.92 Å². The van der Waals surface area contributed by atoms with Gasteiger partial charge in [0, 0.05) is 18.9 Å². The molecule has 1 N–H and O–H groups in total. The van der Waals surface area contributed by atoms with Crippen LogP contribution in [0.3, 0.4) is 0 Å². The smallest absolute Gasteiger partial charge is 0.216 e. The fourth-order valence-electron chi connectivity index (χ4n) is 1.84. The highest BCUT2D eigenvalue weighted by molar-refractivity contribution is 5.72. The van der Waals surface area contributed by atoms with Crippen LogP contribution < -0.4 is 10.1 Å². The van der Waals surface area contributed by atoms with Crippen LogP contribution in [0, 0.1) is 6.92 Å². The Bertz CT molecular complexity index is 425. The summed E-state index contributed by atoms with van der Waals surface area (Å²) in [5.41, 5.74) is 2.25. The van der Waals surface area contributed by atoms with E-state index in [0.29, 0.717) is 13.2 Å². The van der Waals surface area contributed by atoms with Gasteiger partial charge in [-0.2, -0.15) is 0 Å². The van der Waals surface area contributed by atoms with Crippen LogP contribution in [0.1, 0.15) is 38.8 Å². The Labute approximate surface area is 110 Å². The molecule has 0 fully saturated rings. The van der Waals surface area contributed by atoms with Crippen molar-refractivity contribution in [3.8, 4) is 5.75 Å². The topological polar surface area (TPSA) is 38.3 Å². The fraction of sp³-hybridized carbons (Fsp3) is 0.533. The van der Waals surface area contributed by atoms with Gasteiger partial charge in [0.2, 0.25) is 5.91 Å². The Morgan fingerprint density at radius 2 is 2.06 bits per heavy atom. The molecule has 1 amide bonds. The maximum absolute atomic E-state index is 11.0. The molecule has 0 aromatic heterocycles. The molecule has 0 bridgehead atoms. The third kappa shape index (κ3) is 3.76. The standard InChI is InChI=1S/C15H23NO2/c1-6-18-14-8-7-13(9-11(14)2)15(4,5)10-16-12(3)17/h7-9H,6,10H2,1-5H3,(H,16,17). The number of hydrogen-bond acceptors (Lipinski definition) is 2. The summed E-state index contributed by atoms with van der Waals surface area (Å²) in [6.07, 6.45) is 0. The van der Waals surface area contributed by atoms with Crippen LogP contribution in [-0.4, -0.2) is 19.1 Å². The molecule has 0 saturated carbocycles. The summed E-state index contributed by atoms with van der Waals surface area (Å²) >= 11 is 0. The maximum atomic E-state index is 11.0. The highest BCUT2D eigenvalue weighted by Gasteiger charge is 2.21. The number of amides is 1. The van der Waals surface area contributed by atoms with Gasteiger partial charge in [0.25, 0.3) is 0 Å². The van der Waals surface area contributed by atoms with Gasteiger partial charge < -0.3 is 10.1 Å². The Morgan fingerprint density at radius 1 is 1.39 bits per heavy atom. The predicted molar refractivity (Wildman–Crippen MR) is 74.1 cm³/mol. The van der Waals surface area contributed by atoms with E-state index in [4.69, 9.17) is 4.74 Å². The lowest BCUT2D eigenvalue weighted by atomic mass is 9.83. The number of aryl methyl sites for hydroxylation is 1. The van der Waals surface area contributed by atoms with Crippen LogP contribution >= 0.6 is 0 Å². The molecule has 18 heavy (non-hydrogen) atoms. The summed E-state index contributed by atoms with van der Waals surface area (Å²) in [6.45, 7) is 11.1. The number of rotatable bonds is 5. The Kier molecular flexibility index (Phi) is 4.76. The van der Waals surface area contributed by atoms with E-state index in [0.717, 1.165) is 11.3 Å². The normalized spacial score (nSPS) is 11.2. The minimum absolute atomic E-state index is 0.00531. The Balaban J connectivity index is 2.88. The molecule has 3 heteroatoms. The largest absolute Gasteiger partial charge is 0.494 e. The molecule has 1 aromatic carbocycles. The predicted octanol–water partition coefficient (Wildman–Crippen LogP) is 2.81. The van der Waals surface area contributed by atoms with Crippen molar-refractivity contribution in [3.63, 3.8) is 0 Å². The zero-order chi connectivity index (χ0) is 13.8. The number of hydrogen-bond donors (Lipinski definition) is 1. The van der Waals surface area contributed by atoms with Gasteiger partial charge in [0.1, 0.15) is 5.75 Å². The first kappa shape index (κ1) is 14.6. The first-order valence-electron chi connectivity index (χ1n) is 6.35. The van der Waals surface area contributed by atoms with E-state index in [2.05, 4.69) is 31.3 Å². The SMILES string of the molecule is CCOc1ccc(C(C)(C)CNC(C)=O)cc1C. The molecule has 0 unspecified atom stereocenters. The lowest BCUT2D eigenvalue weighted by Gasteiger charge is -2.26. The van der Waals surface area contributed by atoms with Gasteiger partial charge in [0.05, 0.1) is 6.61 Å². The van der Waals surface area contributed by atoms with E-state index < -0.39 is 0 Å². The third-order valence-electron chi connectivity index (χ3n) is 3.04. The van der Waals surface area contributed by atoms with Crippen LogP contribution in [0.5, 0.6) is 5.75 Å². The van der Waals surface area contributed by atoms with Crippen molar-refractivity contribution in [3.05, 3.63) is 29.3 Å². The van der Waals surface area contributed by atoms with Crippen LogP contribution in [0.15, 0.2) is 18.2 Å². The van der Waals surface area contributed by atoms with E-state index in [1.165, 1.54) is 5.56 Å². The first-order valence-corrected chi connectivity index (χ1v) is 6.35. The van der Waals surface area contributed by atoms with Crippen molar-refractivity contribution in [1.82, 2.24) is 5.32 Å². The molecule has 0 saturated heterocycles. The highest BCUT2D eigenvalue weighted by Crippen LogP contribution is 2.27. The second kappa shape index (κ2) is 5.89. The van der Waals surface area contributed by atoms with Gasteiger partial charge in [-0.25, -0.2) is 0 Å². The second-order valence-corrected chi connectivity index (χ2v) is 5.21. The Morgan fingerprint density at radius 3 is 2.56 bits per heavy atom. The first-order chi connectivity index (χ1) is 8.36. The lowest BCUT2D eigenvalue weighted by Crippen LogP contribution is -2.35. The van der Waals surface area contributed by atoms with Crippen LogP contribution in [0.2, 0.25) is 0 Å². The van der Waals surface area contributed by atoms with E-state index in [1.807, 2.05) is 19.9 Å². The zero-order valence-corrected chi connectivity index (χ0v) is 12.0. The van der Waals surface area contributed by atoms with Crippen LogP contribution in [0.4, 0.5) is 0 Å². The van der Waals surface area contributed by atoms with Crippen molar-refractivity contribution in [1.29, 1.82) is 0 Å². The van der Waals surface area contributed by atoms with Crippen molar-refractivity contribution in [2.45, 2.75) is 40.0 Å². The van der Waals surface area contributed by atoms with Gasteiger partial charge in [-0.05, 0) is 31.0 Å². The maximum Gasteiger partial charge on any atom is 0.216 e. The quantitative estimate of drug-likeness (QED) is 0.871. The molecule has 100 valence electrons. The molecule has 0 spiro atoms. The minimum atomic E-state index is -0.0822. The molecule has 0 heterocycles. The Hall–Kier alpha value is -1.51. The number of benzene rings is 1. The average molecular weight is 249 g/mol. The van der Waals surface area contributed by atoms with Gasteiger partial charge in [-0.15, -0.1) is 0 Å². The lowest BCUT2D eigenvalue weighted by molar-refractivity contribution is -0.119. The zero-order valence-electron chi connectivity index (χ0n) is 12.0. The van der Waals surface area contributed by atoms with Crippen LogP contribution in [0.25, 0.3) is 0 Å². The van der Waals surface area contributed by atoms with Crippen molar-refractivity contribution in [2.24, 2.45) is 0 Å². The number of nitrogens with one attached hydrogen (secondary N) is 1. The molecule has 3 nitrogen and oxygen atoms in total. The number of carbonyl (C=O) groups excluding carboxylic acids is 1.